The summed E-state index contributed by atoms with van der Waals surface area (Å²) in [6.45, 7) is 1.25. The van der Waals surface area contributed by atoms with Crippen LogP contribution < -0.4 is 4.74 Å². The number of ether oxygens (including phenoxy) is 1. The molecule has 0 radical (unpaired) electrons. The lowest BCUT2D eigenvalue weighted by molar-refractivity contribution is -0.139. The van der Waals surface area contributed by atoms with Gasteiger partial charge in [-0.2, -0.15) is 0 Å². The van der Waals surface area contributed by atoms with Gasteiger partial charge in [-0.05, 0) is 24.1 Å². The fourth-order valence-corrected chi connectivity index (χ4v) is 3.10. The lowest BCUT2D eigenvalue weighted by Gasteiger charge is -2.38. The van der Waals surface area contributed by atoms with Crippen molar-refractivity contribution in [1.82, 2.24) is 9.88 Å². The van der Waals surface area contributed by atoms with E-state index >= 15 is 0 Å². The first-order chi connectivity index (χ1) is 10.6. The van der Waals surface area contributed by atoms with Gasteiger partial charge in [-0.1, -0.05) is 40.6 Å². The number of rotatable bonds is 5. The third-order valence-corrected chi connectivity index (χ3v) is 4.89. The fraction of sp³-hybridized carbons (Fsp3) is 0.333. The molecule has 3 rings (SSSR count). The molecule has 7 heteroatoms. The molecule has 0 aliphatic carbocycles. The Morgan fingerprint density at radius 3 is 2.86 bits per heavy atom. The highest BCUT2D eigenvalue weighted by atomic mass is 35.5. The van der Waals surface area contributed by atoms with Crippen molar-refractivity contribution in [2.75, 3.05) is 13.1 Å². The number of carbonyl (C=O) groups excluding carboxylic acids is 1. The van der Waals surface area contributed by atoms with Crippen LogP contribution in [-0.4, -0.2) is 35.0 Å². The maximum atomic E-state index is 12.1. The second-order valence-electron chi connectivity index (χ2n) is 5.09. The van der Waals surface area contributed by atoms with Crippen molar-refractivity contribution in [3.05, 3.63) is 45.4 Å². The number of aryl methyl sites for hydroxylation is 1. The summed E-state index contributed by atoms with van der Waals surface area (Å²) in [6.07, 6.45) is 2.88. The molecule has 2 aromatic rings. The second kappa shape index (κ2) is 6.86. The SMILES string of the molecule is O=C(CCc1ccc(Cl)c(Cl)c1)N1CC(Oc2nccs2)C1. The van der Waals surface area contributed by atoms with Crippen molar-refractivity contribution >= 4 is 40.4 Å². The van der Waals surface area contributed by atoms with E-state index in [0.717, 1.165) is 5.56 Å². The number of aromatic nitrogens is 1. The first-order valence-corrected chi connectivity index (χ1v) is 8.53. The normalized spacial score (nSPS) is 14.7. The molecule has 1 aromatic carbocycles. The Morgan fingerprint density at radius 2 is 2.18 bits per heavy atom. The summed E-state index contributed by atoms with van der Waals surface area (Å²) in [5, 5.41) is 3.58. The molecule has 0 saturated carbocycles. The average Bonchev–Trinajstić information content (AvgIpc) is 2.96. The molecule has 0 unspecified atom stereocenters. The number of thiazole rings is 1. The topological polar surface area (TPSA) is 42.4 Å². The molecule has 1 fully saturated rings. The molecular weight excluding hydrogens is 343 g/mol. The van der Waals surface area contributed by atoms with Crippen molar-refractivity contribution in [3.8, 4) is 5.19 Å². The predicted molar refractivity (Wildman–Crippen MR) is 87.9 cm³/mol. The molecule has 116 valence electrons. The van der Waals surface area contributed by atoms with E-state index in [0.29, 0.717) is 41.2 Å². The molecule has 22 heavy (non-hydrogen) atoms. The highest BCUT2D eigenvalue weighted by Crippen LogP contribution is 2.24. The minimum absolute atomic E-state index is 0.0556. The summed E-state index contributed by atoms with van der Waals surface area (Å²) >= 11 is 13.3. The van der Waals surface area contributed by atoms with Crippen molar-refractivity contribution in [2.24, 2.45) is 0 Å². The zero-order valence-corrected chi connectivity index (χ0v) is 14.0. The van der Waals surface area contributed by atoms with Crippen LogP contribution in [0.5, 0.6) is 5.19 Å². The van der Waals surface area contributed by atoms with Crippen molar-refractivity contribution in [1.29, 1.82) is 0 Å². The van der Waals surface area contributed by atoms with Gasteiger partial charge in [-0.3, -0.25) is 4.79 Å². The molecule has 0 bridgehead atoms. The summed E-state index contributed by atoms with van der Waals surface area (Å²) in [5.74, 6) is 0.130. The van der Waals surface area contributed by atoms with Crippen LogP contribution in [0.4, 0.5) is 0 Å². The van der Waals surface area contributed by atoms with Gasteiger partial charge in [0.1, 0.15) is 6.10 Å². The molecule has 1 aromatic heterocycles. The third kappa shape index (κ3) is 3.72. The van der Waals surface area contributed by atoms with Crippen molar-refractivity contribution in [2.45, 2.75) is 18.9 Å². The van der Waals surface area contributed by atoms with Gasteiger partial charge in [0.2, 0.25) is 5.91 Å². The van der Waals surface area contributed by atoms with Crippen LogP contribution in [0, 0.1) is 0 Å². The smallest absolute Gasteiger partial charge is 0.273 e. The Morgan fingerprint density at radius 1 is 1.36 bits per heavy atom. The van der Waals surface area contributed by atoms with Crippen LogP contribution in [0.2, 0.25) is 10.0 Å². The molecule has 1 amide bonds. The largest absolute Gasteiger partial charge is 0.463 e. The number of likely N-dealkylation sites (tertiary alicyclic amines) is 1. The quantitative estimate of drug-likeness (QED) is 0.820. The van der Waals surface area contributed by atoms with Crippen LogP contribution in [-0.2, 0) is 11.2 Å². The predicted octanol–water partition coefficient (Wildman–Crippen LogP) is 3.67. The van der Waals surface area contributed by atoms with Gasteiger partial charge in [0, 0.05) is 18.0 Å². The van der Waals surface area contributed by atoms with Gasteiger partial charge < -0.3 is 9.64 Å². The maximum absolute atomic E-state index is 12.1. The van der Waals surface area contributed by atoms with Crippen LogP contribution in [0.15, 0.2) is 29.8 Å². The fourth-order valence-electron chi connectivity index (χ4n) is 2.23. The maximum Gasteiger partial charge on any atom is 0.273 e. The summed E-state index contributed by atoms with van der Waals surface area (Å²) < 4.78 is 5.64. The molecule has 0 spiro atoms. The van der Waals surface area contributed by atoms with Gasteiger partial charge in [-0.25, -0.2) is 4.98 Å². The standard InChI is InChI=1S/C15H14Cl2N2O2S/c16-12-3-1-10(7-13(12)17)2-4-14(20)19-8-11(9-19)21-15-18-5-6-22-15/h1,3,5-7,11H,2,4,8-9H2. The van der Waals surface area contributed by atoms with Crippen molar-refractivity contribution in [3.63, 3.8) is 0 Å². The summed E-state index contributed by atoms with van der Waals surface area (Å²) in [6, 6.07) is 5.46. The van der Waals surface area contributed by atoms with Crippen LogP contribution in [0.1, 0.15) is 12.0 Å². The molecule has 0 atom stereocenters. The number of hydrogen-bond donors (Lipinski definition) is 0. The monoisotopic (exact) mass is 356 g/mol. The van der Waals surface area contributed by atoms with Crippen molar-refractivity contribution < 1.29 is 9.53 Å². The van der Waals surface area contributed by atoms with E-state index < -0.39 is 0 Å². The van der Waals surface area contributed by atoms with Gasteiger partial charge in [0.25, 0.3) is 5.19 Å². The Balaban J connectivity index is 1.43. The highest BCUT2D eigenvalue weighted by molar-refractivity contribution is 7.11. The molecule has 1 saturated heterocycles. The summed E-state index contributed by atoms with van der Waals surface area (Å²) in [5.41, 5.74) is 1.01. The first kappa shape index (κ1) is 15.6. The van der Waals surface area contributed by atoms with Crippen LogP contribution >= 0.6 is 34.5 Å². The van der Waals surface area contributed by atoms with Gasteiger partial charge >= 0.3 is 0 Å². The first-order valence-electron chi connectivity index (χ1n) is 6.89. The molecule has 0 N–H and O–H groups in total. The number of halogens is 2. The zero-order chi connectivity index (χ0) is 15.5. The zero-order valence-electron chi connectivity index (χ0n) is 11.7. The van der Waals surface area contributed by atoms with E-state index in [2.05, 4.69) is 4.98 Å². The van der Waals surface area contributed by atoms with E-state index in [4.69, 9.17) is 27.9 Å². The number of benzene rings is 1. The molecule has 4 nitrogen and oxygen atoms in total. The highest BCUT2D eigenvalue weighted by Gasteiger charge is 2.32. The summed E-state index contributed by atoms with van der Waals surface area (Å²) in [4.78, 5) is 18.0. The molecule has 1 aliphatic heterocycles. The van der Waals surface area contributed by atoms with E-state index in [1.54, 1.807) is 17.2 Å². The molecule has 1 aliphatic rings. The van der Waals surface area contributed by atoms with E-state index in [-0.39, 0.29) is 12.0 Å². The number of nitrogens with zero attached hydrogens (tertiary/aromatic N) is 2. The van der Waals surface area contributed by atoms with Crippen LogP contribution in [0.3, 0.4) is 0 Å². The lowest BCUT2D eigenvalue weighted by atomic mass is 10.1. The minimum Gasteiger partial charge on any atom is -0.463 e. The Hall–Kier alpha value is -1.30. The molecule has 2 heterocycles. The Labute approximate surface area is 142 Å². The molecular formula is C15H14Cl2N2O2S. The van der Waals surface area contributed by atoms with Gasteiger partial charge in [0.15, 0.2) is 0 Å². The average molecular weight is 357 g/mol. The van der Waals surface area contributed by atoms with Gasteiger partial charge in [0.05, 0.1) is 23.1 Å². The third-order valence-electron chi connectivity index (χ3n) is 3.49. The number of hydrogen-bond acceptors (Lipinski definition) is 4. The van der Waals surface area contributed by atoms with Crippen LogP contribution in [0.25, 0.3) is 0 Å². The Bertz CT molecular complexity index is 658. The van der Waals surface area contributed by atoms with E-state index in [1.807, 2.05) is 17.5 Å². The minimum atomic E-state index is 0.0556. The number of carbonyl (C=O) groups is 1. The lowest BCUT2D eigenvalue weighted by Crippen LogP contribution is -2.56. The van der Waals surface area contributed by atoms with Gasteiger partial charge in [-0.15, -0.1) is 0 Å². The second-order valence-corrected chi connectivity index (χ2v) is 6.76. The Kier molecular flexibility index (Phi) is 4.86. The van der Waals surface area contributed by atoms with E-state index in [9.17, 15) is 4.79 Å². The summed E-state index contributed by atoms with van der Waals surface area (Å²) in [7, 11) is 0. The number of amides is 1. The van der Waals surface area contributed by atoms with E-state index in [1.165, 1.54) is 11.3 Å².